The first-order valence-corrected chi connectivity index (χ1v) is 9.85. The predicted octanol–water partition coefficient (Wildman–Crippen LogP) is 4.30. The molecule has 27 heavy (non-hydrogen) atoms. The van der Waals surface area contributed by atoms with Gasteiger partial charge >= 0.3 is 5.97 Å². The van der Waals surface area contributed by atoms with E-state index in [1.807, 2.05) is 0 Å². The number of allylic oxidation sites excluding steroid dienone is 2. The zero-order valence-electron chi connectivity index (χ0n) is 15.1. The van der Waals surface area contributed by atoms with Gasteiger partial charge in [-0.3, -0.25) is 4.79 Å². The third kappa shape index (κ3) is 3.60. The number of fused-ring (bicyclic) bond motifs is 3. The molecule has 0 aliphatic heterocycles. The van der Waals surface area contributed by atoms with Gasteiger partial charge in [0.25, 0.3) is 0 Å². The van der Waals surface area contributed by atoms with Crippen LogP contribution in [0.25, 0.3) is 5.57 Å². The summed E-state index contributed by atoms with van der Waals surface area (Å²) in [4.78, 5) is 23.4. The summed E-state index contributed by atoms with van der Waals surface area (Å²) in [7, 11) is 0. The lowest BCUT2D eigenvalue weighted by Crippen LogP contribution is -2.27. The van der Waals surface area contributed by atoms with Crippen LogP contribution in [0.2, 0.25) is 10.0 Å². The maximum absolute atomic E-state index is 12.0. The van der Waals surface area contributed by atoms with E-state index in [1.54, 1.807) is 12.1 Å². The summed E-state index contributed by atoms with van der Waals surface area (Å²) in [5.74, 6) is -0.810. The number of ether oxygens (including phenoxy) is 1. The van der Waals surface area contributed by atoms with Gasteiger partial charge in [0, 0.05) is 24.0 Å². The molecule has 0 fully saturated rings. The van der Waals surface area contributed by atoms with Crippen molar-refractivity contribution in [1.82, 2.24) is 0 Å². The highest BCUT2D eigenvalue weighted by molar-refractivity contribution is 6.44. The van der Waals surface area contributed by atoms with Gasteiger partial charge < -0.3 is 14.9 Å². The predicted molar refractivity (Wildman–Crippen MR) is 103 cm³/mol. The van der Waals surface area contributed by atoms with Crippen LogP contribution >= 0.6 is 23.2 Å². The highest BCUT2D eigenvalue weighted by Crippen LogP contribution is 2.57. The van der Waals surface area contributed by atoms with Gasteiger partial charge in [-0.15, -0.1) is 0 Å². The highest BCUT2D eigenvalue weighted by Gasteiger charge is 2.44. The average molecular weight is 413 g/mol. The second-order valence-corrected chi connectivity index (χ2v) is 7.94. The molecule has 2 N–H and O–H groups in total. The van der Waals surface area contributed by atoms with Crippen LogP contribution in [-0.2, 0) is 16.0 Å². The zero-order valence-corrected chi connectivity index (χ0v) is 16.6. The van der Waals surface area contributed by atoms with Crippen molar-refractivity contribution in [2.75, 3.05) is 6.61 Å². The molecular formula is C20H22Cl2O5. The molecule has 0 amide bonds. The Hall–Kier alpha value is -1.56. The summed E-state index contributed by atoms with van der Waals surface area (Å²) < 4.78 is 5.64. The van der Waals surface area contributed by atoms with Gasteiger partial charge in [-0.25, -0.2) is 4.79 Å². The largest absolute Gasteiger partial charge is 0.479 e. The fourth-order valence-electron chi connectivity index (χ4n) is 4.09. The average Bonchev–Trinajstić information content (AvgIpc) is 2.96. The number of aliphatic carboxylic acids is 1. The van der Waals surface area contributed by atoms with Gasteiger partial charge in [0.2, 0.25) is 0 Å². The molecule has 2 atom stereocenters. The van der Waals surface area contributed by atoms with E-state index in [1.165, 1.54) is 0 Å². The Morgan fingerprint density at radius 1 is 1.37 bits per heavy atom. The number of hydrogen-bond acceptors (Lipinski definition) is 4. The number of carbonyl (C=O) groups excluding carboxylic acids is 1. The first kappa shape index (κ1) is 20.2. The smallest absolute Gasteiger partial charge is 0.344 e. The van der Waals surface area contributed by atoms with Crippen LogP contribution in [0, 0.1) is 5.41 Å². The standard InChI is InChI=1S/C20H22Cl2O5/c1-2-20-6-5-12(24)9-13(20)16-11(10-20)8-15(17(21)18(16)22)27-14(19(25)26)4-3-7-23/h8-9,14,23H,2-7,10H2,1H3,(H,25,26). The molecule has 1 aromatic rings. The Balaban J connectivity index is 2.02. The molecule has 2 aliphatic carbocycles. The number of aliphatic hydroxyl groups is 1. The lowest BCUT2D eigenvalue weighted by molar-refractivity contribution is -0.145. The summed E-state index contributed by atoms with van der Waals surface area (Å²) in [6, 6.07) is 1.75. The van der Waals surface area contributed by atoms with E-state index in [0.29, 0.717) is 17.9 Å². The third-order valence-corrected chi connectivity index (χ3v) is 6.48. The summed E-state index contributed by atoms with van der Waals surface area (Å²) in [6.45, 7) is 1.98. The van der Waals surface area contributed by atoms with E-state index < -0.39 is 12.1 Å². The van der Waals surface area contributed by atoms with E-state index in [2.05, 4.69) is 6.92 Å². The number of aliphatic hydroxyl groups excluding tert-OH is 1. The molecule has 0 heterocycles. The van der Waals surface area contributed by atoms with Gasteiger partial charge in [0.05, 0.1) is 5.02 Å². The Labute approximate surface area is 167 Å². The first-order valence-electron chi connectivity index (χ1n) is 9.09. The molecule has 0 aromatic heterocycles. The number of halogens is 2. The van der Waals surface area contributed by atoms with Crippen LogP contribution in [0.15, 0.2) is 12.1 Å². The van der Waals surface area contributed by atoms with Crippen LogP contribution in [0.4, 0.5) is 0 Å². The topological polar surface area (TPSA) is 83.8 Å². The van der Waals surface area contributed by atoms with Crippen LogP contribution in [0.5, 0.6) is 5.75 Å². The van der Waals surface area contributed by atoms with Crippen molar-refractivity contribution in [2.45, 2.75) is 51.6 Å². The summed E-state index contributed by atoms with van der Waals surface area (Å²) >= 11 is 13.0. The number of hydrogen-bond donors (Lipinski definition) is 2. The first-order chi connectivity index (χ1) is 12.8. The molecular weight excluding hydrogens is 391 g/mol. The van der Waals surface area contributed by atoms with Crippen molar-refractivity contribution in [3.63, 3.8) is 0 Å². The summed E-state index contributed by atoms with van der Waals surface area (Å²) in [6.07, 6.45) is 3.91. The quantitative estimate of drug-likeness (QED) is 0.697. The van der Waals surface area contributed by atoms with E-state index in [0.717, 1.165) is 36.0 Å². The summed E-state index contributed by atoms with van der Waals surface area (Å²) in [5, 5.41) is 18.8. The van der Waals surface area contributed by atoms with Gasteiger partial charge in [-0.05, 0) is 55.4 Å². The Bertz CT molecular complexity index is 817. The highest BCUT2D eigenvalue weighted by atomic mass is 35.5. The van der Waals surface area contributed by atoms with Gasteiger partial charge in [0.15, 0.2) is 11.9 Å². The van der Waals surface area contributed by atoms with Crippen LogP contribution in [0.3, 0.4) is 0 Å². The van der Waals surface area contributed by atoms with Crippen molar-refractivity contribution in [1.29, 1.82) is 0 Å². The van der Waals surface area contributed by atoms with Crippen molar-refractivity contribution in [2.24, 2.45) is 5.41 Å². The molecule has 3 rings (SSSR count). The minimum absolute atomic E-state index is 0.0874. The van der Waals surface area contributed by atoms with Crippen LogP contribution in [0.1, 0.15) is 50.2 Å². The fraction of sp³-hybridized carbons (Fsp3) is 0.500. The minimum Gasteiger partial charge on any atom is -0.479 e. The van der Waals surface area contributed by atoms with E-state index in [-0.39, 0.29) is 35.0 Å². The molecule has 0 bridgehead atoms. The molecule has 2 unspecified atom stereocenters. The van der Waals surface area contributed by atoms with Crippen LogP contribution < -0.4 is 4.74 Å². The lowest BCUT2D eigenvalue weighted by atomic mass is 9.71. The number of rotatable bonds is 7. The molecule has 2 aliphatic rings. The molecule has 0 saturated heterocycles. The van der Waals surface area contributed by atoms with Crippen LogP contribution in [-0.4, -0.2) is 34.7 Å². The Morgan fingerprint density at radius 2 is 2.11 bits per heavy atom. The SMILES string of the molecule is CCC12CCC(=O)C=C1c1c(cc(OC(CCCO)C(=O)O)c(Cl)c1Cl)C2. The molecule has 146 valence electrons. The molecule has 5 nitrogen and oxygen atoms in total. The van der Waals surface area contributed by atoms with E-state index in [9.17, 15) is 14.7 Å². The zero-order chi connectivity index (χ0) is 19.8. The monoisotopic (exact) mass is 412 g/mol. The van der Waals surface area contributed by atoms with Gasteiger partial charge in [0.1, 0.15) is 10.8 Å². The van der Waals surface area contributed by atoms with Crippen molar-refractivity contribution in [3.8, 4) is 5.75 Å². The lowest BCUT2D eigenvalue weighted by Gasteiger charge is -2.32. The normalized spacial score (nSPS) is 22.1. The van der Waals surface area contributed by atoms with Crippen molar-refractivity contribution in [3.05, 3.63) is 33.3 Å². The maximum atomic E-state index is 12.0. The molecule has 0 spiro atoms. The fourth-order valence-corrected chi connectivity index (χ4v) is 4.60. The molecule has 7 heteroatoms. The second-order valence-electron chi connectivity index (χ2n) is 7.18. The number of ketones is 1. The molecule has 1 aromatic carbocycles. The van der Waals surface area contributed by atoms with Gasteiger partial charge in [-0.1, -0.05) is 30.1 Å². The minimum atomic E-state index is -1.12. The Morgan fingerprint density at radius 3 is 2.74 bits per heavy atom. The number of carboxylic acid groups (broad SMARTS) is 1. The Kier molecular flexibility index (Phi) is 5.84. The maximum Gasteiger partial charge on any atom is 0.344 e. The molecule has 0 radical (unpaired) electrons. The summed E-state index contributed by atoms with van der Waals surface area (Å²) in [5.41, 5.74) is 2.51. The van der Waals surface area contributed by atoms with E-state index >= 15 is 0 Å². The number of benzene rings is 1. The third-order valence-electron chi connectivity index (χ3n) is 5.63. The van der Waals surface area contributed by atoms with Crippen molar-refractivity contribution < 1.29 is 24.5 Å². The van der Waals surface area contributed by atoms with Crippen molar-refractivity contribution >= 4 is 40.5 Å². The number of carbonyl (C=O) groups is 2. The molecule has 0 saturated carbocycles. The van der Waals surface area contributed by atoms with Gasteiger partial charge in [-0.2, -0.15) is 0 Å². The van der Waals surface area contributed by atoms with E-state index in [4.69, 9.17) is 33.0 Å². The number of carboxylic acids is 1. The second kappa shape index (κ2) is 7.82.